The van der Waals surface area contributed by atoms with Gasteiger partial charge in [-0.2, -0.15) is 0 Å². The molecule has 0 radical (unpaired) electrons. The number of benzene rings is 2. The van der Waals surface area contributed by atoms with Crippen LogP contribution in [0.15, 0.2) is 42.5 Å². The summed E-state index contributed by atoms with van der Waals surface area (Å²) in [5, 5.41) is 10.9. The number of aliphatic hydroxyl groups excluding tert-OH is 1. The van der Waals surface area contributed by atoms with Gasteiger partial charge >= 0.3 is 0 Å². The first kappa shape index (κ1) is 13.7. The third kappa shape index (κ3) is 3.00. The summed E-state index contributed by atoms with van der Waals surface area (Å²) in [6.45, 7) is 0. The maximum absolute atomic E-state index is 10.3. The van der Waals surface area contributed by atoms with E-state index >= 15 is 0 Å². The van der Waals surface area contributed by atoms with Crippen molar-refractivity contribution >= 4 is 11.6 Å². The largest absolute Gasteiger partial charge is 0.493 e. The molecule has 2 rings (SSSR count). The number of hydrogen-bond acceptors (Lipinski definition) is 3. The van der Waals surface area contributed by atoms with Crippen molar-refractivity contribution in [1.82, 2.24) is 0 Å². The molecule has 3 nitrogen and oxygen atoms in total. The molecule has 0 aromatic heterocycles. The Morgan fingerprint density at radius 3 is 2.26 bits per heavy atom. The molecule has 0 bridgehead atoms. The number of methoxy groups -OCH3 is 2. The van der Waals surface area contributed by atoms with Crippen molar-refractivity contribution in [1.29, 1.82) is 0 Å². The van der Waals surface area contributed by atoms with Crippen molar-refractivity contribution in [2.45, 2.75) is 6.10 Å². The molecule has 0 unspecified atom stereocenters. The van der Waals surface area contributed by atoms with E-state index in [0.29, 0.717) is 16.5 Å². The number of hydrogen-bond donors (Lipinski definition) is 1. The van der Waals surface area contributed by atoms with Gasteiger partial charge in [0.25, 0.3) is 0 Å². The van der Waals surface area contributed by atoms with Crippen LogP contribution in [0.5, 0.6) is 11.5 Å². The molecule has 0 fully saturated rings. The average molecular weight is 279 g/mol. The van der Waals surface area contributed by atoms with E-state index < -0.39 is 6.10 Å². The van der Waals surface area contributed by atoms with Gasteiger partial charge in [0, 0.05) is 5.02 Å². The maximum Gasteiger partial charge on any atom is 0.161 e. The molecule has 19 heavy (non-hydrogen) atoms. The van der Waals surface area contributed by atoms with Crippen molar-refractivity contribution in [3.8, 4) is 11.5 Å². The summed E-state index contributed by atoms with van der Waals surface area (Å²) in [5.74, 6) is 1.21. The predicted octanol–water partition coefficient (Wildman–Crippen LogP) is 3.44. The molecule has 0 spiro atoms. The Morgan fingerprint density at radius 2 is 1.63 bits per heavy atom. The fourth-order valence-electron chi connectivity index (χ4n) is 1.89. The maximum atomic E-state index is 10.3. The SMILES string of the molecule is COc1ccc([C@@H](O)c2cccc(Cl)c2)cc1OC. The zero-order valence-corrected chi connectivity index (χ0v) is 11.5. The van der Waals surface area contributed by atoms with Gasteiger partial charge in [0.15, 0.2) is 11.5 Å². The minimum Gasteiger partial charge on any atom is -0.493 e. The fourth-order valence-corrected chi connectivity index (χ4v) is 2.09. The second-order valence-corrected chi connectivity index (χ2v) is 4.51. The van der Waals surface area contributed by atoms with Crippen LogP contribution < -0.4 is 9.47 Å². The minimum absolute atomic E-state index is 0.584. The first-order chi connectivity index (χ1) is 9.15. The Bertz CT molecular complexity index is 569. The van der Waals surface area contributed by atoms with E-state index in [1.165, 1.54) is 0 Å². The zero-order valence-electron chi connectivity index (χ0n) is 10.8. The monoisotopic (exact) mass is 278 g/mol. The van der Waals surface area contributed by atoms with Crippen LogP contribution in [0.1, 0.15) is 17.2 Å². The Labute approximate surface area is 117 Å². The average Bonchev–Trinajstić information content (AvgIpc) is 2.45. The molecule has 2 aromatic rings. The molecule has 0 aliphatic heterocycles. The predicted molar refractivity (Wildman–Crippen MR) is 75.1 cm³/mol. The van der Waals surface area contributed by atoms with Crippen LogP contribution >= 0.6 is 11.6 Å². The molecule has 1 atom stereocenters. The van der Waals surface area contributed by atoms with Crippen LogP contribution in [0.25, 0.3) is 0 Å². The molecule has 2 aromatic carbocycles. The molecule has 100 valence electrons. The van der Waals surface area contributed by atoms with Gasteiger partial charge in [0.1, 0.15) is 6.10 Å². The number of ether oxygens (including phenoxy) is 2. The molecule has 0 saturated carbocycles. The summed E-state index contributed by atoms with van der Waals surface area (Å²) >= 11 is 5.93. The number of aliphatic hydroxyl groups is 1. The van der Waals surface area contributed by atoms with Gasteiger partial charge in [-0.25, -0.2) is 0 Å². The fraction of sp³-hybridized carbons (Fsp3) is 0.200. The Hall–Kier alpha value is -1.71. The first-order valence-electron chi connectivity index (χ1n) is 5.81. The van der Waals surface area contributed by atoms with E-state index in [-0.39, 0.29) is 0 Å². The quantitative estimate of drug-likeness (QED) is 0.931. The molecule has 4 heteroatoms. The Kier molecular flexibility index (Phi) is 4.30. The smallest absolute Gasteiger partial charge is 0.161 e. The lowest BCUT2D eigenvalue weighted by Crippen LogP contribution is -2.01. The normalized spacial score (nSPS) is 12.0. The third-order valence-electron chi connectivity index (χ3n) is 2.89. The van der Waals surface area contributed by atoms with Crippen LogP contribution in [0.2, 0.25) is 5.02 Å². The summed E-state index contributed by atoms with van der Waals surface area (Å²) < 4.78 is 10.4. The van der Waals surface area contributed by atoms with E-state index in [1.54, 1.807) is 44.6 Å². The number of halogens is 1. The van der Waals surface area contributed by atoms with Crippen molar-refractivity contribution in [3.05, 3.63) is 58.6 Å². The molecule has 1 N–H and O–H groups in total. The molecular weight excluding hydrogens is 264 g/mol. The molecule has 0 aliphatic rings. The third-order valence-corrected chi connectivity index (χ3v) is 3.12. The van der Waals surface area contributed by atoms with E-state index in [2.05, 4.69) is 0 Å². The topological polar surface area (TPSA) is 38.7 Å². The van der Waals surface area contributed by atoms with E-state index in [4.69, 9.17) is 21.1 Å². The lowest BCUT2D eigenvalue weighted by atomic mass is 10.0. The summed E-state index contributed by atoms with van der Waals surface area (Å²) in [6.07, 6.45) is -0.751. The first-order valence-corrected chi connectivity index (χ1v) is 6.19. The van der Waals surface area contributed by atoms with Gasteiger partial charge in [0.05, 0.1) is 14.2 Å². The minimum atomic E-state index is -0.751. The van der Waals surface area contributed by atoms with E-state index in [1.807, 2.05) is 12.1 Å². The van der Waals surface area contributed by atoms with Gasteiger partial charge in [-0.1, -0.05) is 29.8 Å². The highest BCUT2D eigenvalue weighted by Crippen LogP contribution is 2.32. The Balaban J connectivity index is 2.36. The van der Waals surface area contributed by atoms with Crippen LogP contribution in [-0.4, -0.2) is 19.3 Å². The molecule has 0 aliphatic carbocycles. The van der Waals surface area contributed by atoms with Crippen LogP contribution in [0.3, 0.4) is 0 Å². The second-order valence-electron chi connectivity index (χ2n) is 4.07. The van der Waals surface area contributed by atoms with Gasteiger partial charge in [-0.15, -0.1) is 0 Å². The van der Waals surface area contributed by atoms with Crippen LogP contribution in [-0.2, 0) is 0 Å². The van der Waals surface area contributed by atoms with Gasteiger partial charge in [0.2, 0.25) is 0 Å². The Morgan fingerprint density at radius 1 is 0.947 bits per heavy atom. The lowest BCUT2D eigenvalue weighted by Gasteiger charge is -2.14. The summed E-state index contributed by atoms with van der Waals surface area (Å²) in [4.78, 5) is 0. The highest BCUT2D eigenvalue weighted by atomic mass is 35.5. The van der Waals surface area contributed by atoms with Crippen molar-refractivity contribution in [2.24, 2.45) is 0 Å². The second kappa shape index (κ2) is 5.95. The molecular formula is C15H15ClO3. The van der Waals surface area contributed by atoms with Crippen molar-refractivity contribution in [2.75, 3.05) is 14.2 Å². The highest BCUT2D eigenvalue weighted by molar-refractivity contribution is 6.30. The highest BCUT2D eigenvalue weighted by Gasteiger charge is 2.13. The van der Waals surface area contributed by atoms with E-state index in [9.17, 15) is 5.11 Å². The standard InChI is InChI=1S/C15H15ClO3/c1-18-13-7-6-11(9-14(13)19-2)15(17)10-4-3-5-12(16)8-10/h3-9,15,17H,1-2H3/t15-/m0/s1. The van der Waals surface area contributed by atoms with Gasteiger partial charge in [-0.3, -0.25) is 0 Å². The summed E-state index contributed by atoms with van der Waals surface area (Å²) in [5.41, 5.74) is 1.46. The van der Waals surface area contributed by atoms with Crippen molar-refractivity contribution in [3.63, 3.8) is 0 Å². The van der Waals surface area contributed by atoms with Gasteiger partial charge < -0.3 is 14.6 Å². The van der Waals surface area contributed by atoms with E-state index in [0.717, 1.165) is 11.1 Å². The molecule has 0 saturated heterocycles. The van der Waals surface area contributed by atoms with Crippen LogP contribution in [0, 0.1) is 0 Å². The summed E-state index contributed by atoms with van der Waals surface area (Å²) in [7, 11) is 3.14. The van der Waals surface area contributed by atoms with Crippen molar-refractivity contribution < 1.29 is 14.6 Å². The molecule has 0 amide bonds. The van der Waals surface area contributed by atoms with Gasteiger partial charge in [-0.05, 0) is 35.4 Å². The summed E-state index contributed by atoms with van der Waals surface area (Å²) in [6, 6.07) is 12.5. The molecule has 0 heterocycles. The number of rotatable bonds is 4. The lowest BCUT2D eigenvalue weighted by molar-refractivity contribution is 0.219. The zero-order chi connectivity index (χ0) is 13.8. The van der Waals surface area contributed by atoms with Crippen LogP contribution in [0.4, 0.5) is 0 Å².